The van der Waals surface area contributed by atoms with Gasteiger partial charge in [-0.05, 0) is 18.4 Å². The minimum absolute atomic E-state index is 0.207. The van der Waals surface area contributed by atoms with Crippen molar-refractivity contribution in [3.05, 3.63) is 35.9 Å². The molecule has 1 fully saturated rings. The average Bonchev–Trinajstić information content (AvgIpc) is 2.74. The Morgan fingerprint density at radius 2 is 2.12 bits per heavy atom. The Bertz CT molecular complexity index is 369. The highest BCUT2D eigenvalue weighted by Gasteiger charge is 2.26. The standard InChI is InChI=1S/C13H16BrNO2/c14-11-7-4-8-12(11)15-13(16)17-9-10-5-2-1-3-6-10/h1-3,5-6,11-12H,4,7-9H2,(H,15,16). The predicted molar refractivity (Wildman–Crippen MR) is 70.1 cm³/mol. The van der Waals surface area contributed by atoms with Crippen LogP contribution in [0.25, 0.3) is 0 Å². The van der Waals surface area contributed by atoms with Crippen molar-refractivity contribution in [3.63, 3.8) is 0 Å². The Morgan fingerprint density at radius 1 is 1.35 bits per heavy atom. The number of carbonyl (C=O) groups is 1. The molecule has 4 heteroatoms. The summed E-state index contributed by atoms with van der Waals surface area (Å²) in [6.45, 7) is 0.326. The predicted octanol–water partition coefficient (Wildman–Crippen LogP) is 3.23. The van der Waals surface area contributed by atoms with E-state index in [9.17, 15) is 4.79 Å². The molecule has 2 rings (SSSR count). The smallest absolute Gasteiger partial charge is 0.407 e. The molecule has 0 bridgehead atoms. The third kappa shape index (κ3) is 3.73. The third-order valence-electron chi connectivity index (χ3n) is 2.95. The van der Waals surface area contributed by atoms with Crippen LogP contribution in [0.5, 0.6) is 0 Å². The summed E-state index contributed by atoms with van der Waals surface area (Å²) in [4.78, 5) is 11.9. The molecule has 0 aromatic heterocycles. The van der Waals surface area contributed by atoms with Crippen molar-refractivity contribution >= 4 is 22.0 Å². The van der Waals surface area contributed by atoms with Crippen molar-refractivity contribution in [1.82, 2.24) is 5.32 Å². The van der Waals surface area contributed by atoms with Gasteiger partial charge in [-0.25, -0.2) is 4.79 Å². The Kier molecular flexibility index (Phi) is 4.42. The normalized spacial score (nSPS) is 23.4. The lowest BCUT2D eigenvalue weighted by Gasteiger charge is -2.15. The van der Waals surface area contributed by atoms with Gasteiger partial charge in [-0.1, -0.05) is 52.7 Å². The van der Waals surface area contributed by atoms with Crippen LogP contribution in [0.15, 0.2) is 30.3 Å². The van der Waals surface area contributed by atoms with E-state index < -0.39 is 0 Å². The van der Waals surface area contributed by atoms with Gasteiger partial charge in [0.25, 0.3) is 0 Å². The van der Waals surface area contributed by atoms with Crippen LogP contribution >= 0.6 is 15.9 Å². The van der Waals surface area contributed by atoms with E-state index in [0.29, 0.717) is 11.4 Å². The number of ether oxygens (including phenoxy) is 1. The number of benzene rings is 1. The summed E-state index contributed by atoms with van der Waals surface area (Å²) in [5.41, 5.74) is 1.00. The SMILES string of the molecule is O=C(NC1CCCC1Br)OCc1ccccc1. The van der Waals surface area contributed by atoms with E-state index >= 15 is 0 Å². The van der Waals surface area contributed by atoms with Crippen molar-refractivity contribution in [3.8, 4) is 0 Å². The van der Waals surface area contributed by atoms with Gasteiger partial charge in [0.05, 0.1) is 0 Å². The third-order valence-corrected chi connectivity index (χ3v) is 4.04. The fraction of sp³-hybridized carbons (Fsp3) is 0.462. The molecule has 1 aromatic rings. The highest BCUT2D eigenvalue weighted by Crippen LogP contribution is 2.25. The van der Waals surface area contributed by atoms with Gasteiger partial charge in [0.15, 0.2) is 0 Å². The fourth-order valence-corrected chi connectivity index (χ4v) is 2.71. The molecule has 0 aliphatic heterocycles. The second-order valence-corrected chi connectivity index (χ2v) is 5.44. The summed E-state index contributed by atoms with van der Waals surface area (Å²) in [6, 6.07) is 9.90. The molecule has 3 nitrogen and oxygen atoms in total. The summed E-state index contributed by atoms with van der Waals surface area (Å²) in [7, 11) is 0. The number of halogens is 1. The topological polar surface area (TPSA) is 38.3 Å². The molecule has 0 heterocycles. The molecule has 1 N–H and O–H groups in total. The summed E-state index contributed by atoms with van der Waals surface area (Å²) in [6.07, 6.45) is 2.96. The monoisotopic (exact) mass is 297 g/mol. The maximum Gasteiger partial charge on any atom is 0.407 e. The first-order valence-electron chi connectivity index (χ1n) is 5.87. The molecule has 0 radical (unpaired) electrons. The summed E-state index contributed by atoms with van der Waals surface area (Å²) in [5.74, 6) is 0. The van der Waals surface area contributed by atoms with Crippen LogP contribution in [-0.2, 0) is 11.3 Å². The van der Waals surface area contributed by atoms with Gasteiger partial charge in [-0.15, -0.1) is 0 Å². The van der Waals surface area contributed by atoms with Crippen molar-refractivity contribution in [1.29, 1.82) is 0 Å². The van der Waals surface area contributed by atoms with Gasteiger partial charge in [0.1, 0.15) is 6.61 Å². The molecule has 92 valence electrons. The van der Waals surface area contributed by atoms with E-state index in [1.807, 2.05) is 30.3 Å². The Labute approximate surface area is 110 Å². The number of hydrogen-bond donors (Lipinski definition) is 1. The highest BCUT2D eigenvalue weighted by atomic mass is 79.9. The average molecular weight is 298 g/mol. The van der Waals surface area contributed by atoms with Gasteiger partial charge >= 0.3 is 6.09 Å². The Morgan fingerprint density at radius 3 is 2.76 bits per heavy atom. The zero-order chi connectivity index (χ0) is 12.1. The van der Waals surface area contributed by atoms with E-state index in [4.69, 9.17) is 4.74 Å². The Balaban J connectivity index is 1.74. The van der Waals surface area contributed by atoms with E-state index in [0.717, 1.165) is 24.8 Å². The summed E-state index contributed by atoms with van der Waals surface area (Å²) in [5, 5.41) is 2.89. The second-order valence-electron chi connectivity index (χ2n) is 4.26. The van der Waals surface area contributed by atoms with Crippen molar-refractivity contribution in [2.24, 2.45) is 0 Å². The van der Waals surface area contributed by atoms with Crippen molar-refractivity contribution < 1.29 is 9.53 Å². The molecule has 1 aromatic carbocycles. The fourth-order valence-electron chi connectivity index (χ4n) is 1.99. The molecule has 0 saturated heterocycles. The molecule has 0 spiro atoms. The van der Waals surface area contributed by atoms with Crippen molar-refractivity contribution in [2.75, 3.05) is 0 Å². The maximum atomic E-state index is 11.6. The van der Waals surface area contributed by atoms with E-state index in [1.165, 1.54) is 0 Å². The van der Waals surface area contributed by atoms with Crippen LogP contribution in [0.4, 0.5) is 4.79 Å². The van der Waals surface area contributed by atoms with E-state index in [2.05, 4.69) is 21.2 Å². The molecule has 1 aliphatic carbocycles. The van der Waals surface area contributed by atoms with Crippen LogP contribution in [0.2, 0.25) is 0 Å². The van der Waals surface area contributed by atoms with Gasteiger partial charge < -0.3 is 10.1 Å². The number of amides is 1. The lowest BCUT2D eigenvalue weighted by atomic mass is 10.2. The number of alkyl halides is 1. The molecule has 2 atom stereocenters. The zero-order valence-corrected chi connectivity index (χ0v) is 11.2. The van der Waals surface area contributed by atoms with E-state index in [1.54, 1.807) is 0 Å². The minimum Gasteiger partial charge on any atom is -0.445 e. The molecule has 1 saturated carbocycles. The van der Waals surface area contributed by atoms with E-state index in [-0.39, 0.29) is 12.1 Å². The maximum absolute atomic E-state index is 11.6. The van der Waals surface area contributed by atoms with Gasteiger partial charge in [-0.3, -0.25) is 0 Å². The van der Waals surface area contributed by atoms with Crippen LogP contribution in [-0.4, -0.2) is 17.0 Å². The number of rotatable bonds is 3. The lowest BCUT2D eigenvalue weighted by molar-refractivity contribution is 0.136. The van der Waals surface area contributed by atoms with Crippen LogP contribution in [0, 0.1) is 0 Å². The largest absolute Gasteiger partial charge is 0.445 e. The minimum atomic E-state index is -0.329. The number of alkyl carbamates (subject to hydrolysis) is 1. The molecular formula is C13H16BrNO2. The molecule has 2 unspecified atom stereocenters. The lowest BCUT2D eigenvalue weighted by Crippen LogP contribution is -2.37. The summed E-state index contributed by atoms with van der Waals surface area (Å²) >= 11 is 3.56. The number of hydrogen-bond acceptors (Lipinski definition) is 2. The number of nitrogens with one attached hydrogen (secondary N) is 1. The zero-order valence-electron chi connectivity index (χ0n) is 9.56. The highest BCUT2D eigenvalue weighted by molar-refractivity contribution is 9.09. The first-order valence-corrected chi connectivity index (χ1v) is 6.78. The molecular weight excluding hydrogens is 282 g/mol. The first-order chi connectivity index (χ1) is 8.25. The van der Waals surface area contributed by atoms with Crippen LogP contribution < -0.4 is 5.32 Å². The molecule has 1 amide bonds. The van der Waals surface area contributed by atoms with Crippen LogP contribution in [0.1, 0.15) is 24.8 Å². The first kappa shape index (κ1) is 12.4. The van der Waals surface area contributed by atoms with Gasteiger partial charge in [0, 0.05) is 10.9 Å². The Hall–Kier alpha value is -1.03. The molecule has 1 aliphatic rings. The summed E-state index contributed by atoms with van der Waals surface area (Å²) < 4.78 is 5.17. The molecule has 17 heavy (non-hydrogen) atoms. The quantitative estimate of drug-likeness (QED) is 0.870. The van der Waals surface area contributed by atoms with Gasteiger partial charge in [-0.2, -0.15) is 0 Å². The number of carbonyl (C=O) groups excluding carboxylic acids is 1. The van der Waals surface area contributed by atoms with Gasteiger partial charge in [0.2, 0.25) is 0 Å². The van der Waals surface area contributed by atoms with Crippen molar-refractivity contribution in [2.45, 2.75) is 36.7 Å². The van der Waals surface area contributed by atoms with Crippen LogP contribution in [0.3, 0.4) is 0 Å². The second kappa shape index (κ2) is 6.05.